The van der Waals surface area contributed by atoms with Gasteiger partial charge in [0.1, 0.15) is 0 Å². The summed E-state index contributed by atoms with van der Waals surface area (Å²) in [6.45, 7) is 2.35. The summed E-state index contributed by atoms with van der Waals surface area (Å²) in [6, 6.07) is 19.3. The molecule has 3 aromatic rings. The van der Waals surface area contributed by atoms with E-state index < -0.39 is 0 Å². The Labute approximate surface area is 161 Å². The molecule has 0 aliphatic heterocycles. The van der Waals surface area contributed by atoms with Crippen LogP contribution in [0.3, 0.4) is 0 Å². The van der Waals surface area contributed by atoms with Crippen molar-refractivity contribution in [3.8, 4) is 11.8 Å². The van der Waals surface area contributed by atoms with Crippen molar-refractivity contribution in [2.24, 2.45) is 0 Å². The number of hydrogen-bond donors (Lipinski definition) is 0. The highest BCUT2D eigenvalue weighted by Gasteiger charge is 2.18. The van der Waals surface area contributed by atoms with Crippen molar-refractivity contribution in [2.75, 3.05) is 17.2 Å². The molecule has 0 spiro atoms. The molecule has 0 fully saturated rings. The van der Waals surface area contributed by atoms with Gasteiger partial charge in [-0.2, -0.15) is 9.94 Å². The van der Waals surface area contributed by atoms with Crippen molar-refractivity contribution in [2.45, 2.75) is 18.5 Å². The summed E-state index contributed by atoms with van der Waals surface area (Å²) in [4.78, 5) is 14.4. The van der Waals surface area contributed by atoms with Gasteiger partial charge in [-0.1, -0.05) is 42.1 Å². The van der Waals surface area contributed by atoms with Gasteiger partial charge in [-0.3, -0.25) is 4.79 Å². The summed E-state index contributed by atoms with van der Waals surface area (Å²) in [6.07, 6.45) is 0.270. The van der Waals surface area contributed by atoms with E-state index in [-0.39, 0.29) is 18.1 Å². The number of anilines is 1. The van der Waals surface area contributed by atoms with Crippen LogP contribution in [0, 0.1) is 18.3 Å². The molecule has 0 aliphatic rings. The second kappa shape index (κ2) is 8.96. The highest BCUT2D eigenvalue weighted by atomic mass is 32.2. The highest BCUT2D eigenvalue weighted by Crippen LogP contribution is 2.21. The van der Waals surface area contributed by atoms with Gasteiger partial charge in [0.25, 0.3) is 0 Å². The summed E-state index contributed by atoms with van der Waals surface area (Å²) in [5.41, 5.74) is 2.72. The average molecular weight is 378 g/mol. The van der Waals surface area contributed by atoms with E-state index in [1.165, 1.54) is 11.8 Å². The van der Waals surface area contributed by atoms with Crippen LogP contribution >= 0.6 is 11.8 Å². The van der Waals surface area contributed by atoms with E-state index in [1.807, 2.05) is 61.5 Å². The minimum Gasteiger partial charge on any atom is -0.311 e. The van der Waals surface area contributed by atoms with Crippen molar-refractivity contribution in [3.63, 3.8) is 0 Å². The normalized spacial score (nSPS) is 10.4. The lowest BCUT2D eigenvalue weighted by atomic mass is 10.2. The van der Waals surface area contributed by atoms with E-state index in [0.29, 0.717) is 11.7 Å². The van der Waals surface area contributed by atoms with Crippen molar-refractivity contribution in [3.05, 3.63) is 60.2 Å². The molecule has 0 radical (unpaired) electrons. The molecule has 0 N–H and O–H groups in total. The number of amides is 1. The van der Waals surface area contributed by atoms with Crippen molar-refractivity contribution in [1.29, 1.82) is 5.26 Å². The third-order valence-corrected chi connectivity index (χ3v) is 4.73. The number of hydrogen-bond acceptors (Lipinski definition) is 6. The molecule has 1 aromatic heterocycles. The standard InChI is InChI=1S/C19H18N6OS/c1-15-7-5-10-17(13-15)25-19(21-22-23-25)27-14-18(26)24(12-6-11-20)16-8-3-2-4-9-16/h2-5,7-10,13H,6,12,14H2,1H3. The first kappa shape index (κ1) is 18.6. The fourth-order valence-corrected chi connectivity index (χ4v) is 3.33. The number of para-hydroxylation sites is 1. The van der Waals surface area contributed by atoms with Gasteiger partial charge in [0.15, 0.2) is 0 Å². The van der Waals surface area contributed by atoms with Crippen molar-refractivity contribution >= 4 is 23.4 Å². The SMILES string of the molecule is Cc1cccc(-n2nnnc2SCC(=O)N(CCC#N)c2ccccc2)c1. The first-order valence-corrected chi connectivity index (χ1v) is 9.38. The van der Waals surface area contributed by atoms with Crippen LogP contribution in [0.4, 0.5) is 5.69 Å². The maximum atomic E-state index is 12.8. The number of carbonyl (C=O) groups excluding carboxylic acids is 1. The fraction of sp³-hybridized carbons (Fsp3) is 0.211. The molecule has 27 heavy (non-hydrogen) atoms. The second-order valence-corrected chi connectivity index (χ2v) is 6.73. The van der Waals surface area contributed by atoms with Gasteiger partial charge in [0, 0.05) is 12.2 Å². The largest absolute Gasteiger partial charge is 0.311 e. The number of tetrazole rings is 1. The van der Waals surface area contributed by atoms with Crippen LogP contribution in [0.2, 0.25) is 0 Å². The van der Waals surface area contributed by atoms with E-state index in [0.717, 1.165) is 16.9 Å². The van der Waals surface area contributed by atoms with Gasteiger partial charge >= 0.3 is 0 Å². The molecule has 8 heteroatoms. The molecule has 0 saturated carbocycles. The monoisotopic (exact) mass is 378 g/mol. The molecule has 136 valence electrons. The summed E-state index contributed by atoms with van der Waals surface area (Å²) >= 11 is 1.27. The molecule has 1 amide bonds. The van der Waals surface area contributed by atoms with E-state index >= 15 is 0 Å². The lowest BCUT2D eigenvalue weighted by molar-refractivity contribution is -0.116. The molecule has 0 aliphatic carbocycles. The number of aryl methyl sites for hydroxylation is 1. The first-order chi connectivity index (χ1) is 13.2. The Morgan fingerprint density at radius 1 is 1.22 bits per heavy atom. The number of aromatic nitrogens is 4. The van der Waals surface area contributed by atoms with Crippen molar-refractivity contribution < 1.29 is 4.79 Å². The molecule has 0 atom stereocenters. The van der Waals surface area contributed by atoms with Crippen LogP contribution in [-0.4, -0.2) is 38.4 Å². The predicted octanol–water partition coefficient (Wildman–Crippen LogP) is 3.01. The third-order valence-electron chi connectivity index (χ3n) is 3.83. The van der Waals surface area contributed by atoms with E-state index in [2.05, 4.69) is 21.6 Å². The maximum absolute atomic E-state index is 12.8. The molecule has 2 aromatic carbocycles. The molecular weight excluding hydrogens is 360 g/mol. The highest BCUT2D eigenvalue weighted by molar-refractivity contribution is 7.99. The Balaban J connectivity index is 1.73. The lowest BCUT2D eigenvalue weighted by Gasteiger charge is -2.21. The molecular formula is C19H18N6OS. The zero-order valence-corrected chi connectivity index (χ0v) is 15.6. The van der Waals surface area contributed by atoms with Gasteiger partial charge in [0.2, 0.25) is 11.1 Å². The number of nitrogens with zero attached hydrogens (tertiary/aromatic N) is 6. The van der Waals surface area contributed by atoms with Crippen LogP contribution in [-0.2, 0) is 4.79 Å². The number of benzene rings is 2. The van der Waals surface area contributed by atoms with E-state index in [9.17, 15) is 4.79 Å². The molecule has 0 bridgehead atoms. The Morgan fingerprint density at radius 3 is 2.78 bits per heavy atom. The Bertz CT molecular complexity index is 950. The predicted molar refractivity (Wildman–Crippen MR) is 104 cm³/mol. The van der Waals surface area contributed by atoms with Gasteiger partial charge in [-0.05, 0) is 47.2 Å². The minimum atomic E-state index is -0.0970. The first-order valence-electron chi connectivity index (χ1n) is 8.39. The van der Waals surface area contributed by atoms with Gasteiger partial charge in [0.05, 0.1) is 23.9 Å². The molecule has 0 unspecified atom stereocenters. The van der Waals surface area contributed by atoms with Gasteiger partial charge in [-0.25, -0.2) is 0 Å². The molecule has 1 heterocycles. The summed E-state index contributed by atoms with van der Waals surface area (Å²) in [5, 5.41) is 21.2. The van der Waals surface area contributed by atoms with Gasteiger partial charge < -0.3 is 4.90 Å². The second-order valence-electron chi connectivity index (χ2n) is 5.79. The maximum Gasteiger partial charge on any atom is 0.237 e. The quantitative estimate of drug-likeness (QED) is 0.587. The van der Waals surface area contributed by atoms with E-state index in [1.54, 1.807) is 9.58 Å². The van der Waals surface area contributed by atoms with Gasteiger partial charge in [-0.15, -0.1) is 5.10 Å². The molecule has 0 saturated heterocycles. The van der Waals surface area contributed by atoms with E-state index in [4.69, 9.17) is 5.26 Å². The number of carbonyl (C=O) groups is 1. The zero-order chi connectivity index (χ0) is 19.1. The number of nitriles is 1. The average Bonchev–Trinajstić information content (AvgIpc) is 3.16. The Hall–Kier alpha value is -3.18. The third kappa shape index (κ3) is 4.71. The smallest absolute Gasteiger partial charge is 0.237 e. The van der Waals surface area contributed by atoms with Crippen molar-refractivity contribution in [1.82, 2.24) is 20.2 Å². The molecule has 7 nitrogen and oxygen atoms in total. The number of thioether (sulfide) groups is 1. The summed E-state index contributed by atoms with van der Waals surface area (Å²) in [5.74, 6) is 0.0761. The Morgan fingerprint density at radius 2 is 2.04 bits per heavy atom. The lowest BCUT2D eigenvalue weighted by Crippen LogP contribution is -2.33. The summed E-state index contributed by atoms with van der Waals surface area (Å²) < 4.78 is 1.62. The number of rotatable bonds is 7. The van der Waals surface area contributed by atoms with Crippen LogP contribution < -0.4 is 4.90 Å². The van der Waals surface area contributed by atoms with Crippen LogP contribution in [0.1, 0.15) is 12.0 Å². The van der Waals surface area contributed by atoms with Crippen LogP contribution in [0.5, 0.6) is 0 Å². The summed E-state index contributed by atoms with van der Waals surface area (Å²) in [7, 11) is 0. The fourth-order valence-electron chi connectivity index (χ4n) is 2.56. The minimum absolute atomic E-state index is 0.0970. The topological polar surface area (TPSA) is 87.7 Å². The zero-order valence-electron chi connectivity index (χ0n) is 14.8. The van der Waals surface area contributed by atoms with Crippen LogP contribution in [0.15, 0.2) is 59.8 Å². The molecule has 3 rings (SSSR count). The van der Waals surface area contributed by atoms with Crippen LogP contribution in [0.25, 0.3) is 5.69 Å². The Kier molecular flexibility index (Phi) is 6.18.